The van der Waals surface area contributed by atoms with E-state index in [1.165, 1.54) is 5.56 Å². The molecule has 1 N–H and O–H groups in total. The molecule has 1 aromatic rings. The number of anilines is 1. The fourth-order valence-electron chi connectivity index (χ4n) is 2.45. The van der Waals surface area contributed by atoms with E-state index >= 15 is 0 Å². The second-order valence-corrected chi connectivity index (χ2v) is 5.14. The number of rotatable bonds is 5. The van der Waals surface area contributed by atoms with Gasteiger partial charge in [-0.2, -0.15) is 5.26 Å². The average Bonchev–Trinajstić information content (AvgIpc) is 2.90. The summed E-state index contributed by atoms with van der Waals surface area (Å²) in [6, 6.07) is 4.11. The number of carbonyl (C=O) groups excluding carboxylic acids is 1. The van der Waals surface area contributed by atoms with Crippen molar-refractivity contribution in [3.8, 4) is 6.07 Å². The van der Waals surface area contributed by atoms with Crippen LogP contribution in [0.2, 0.25) is 0 Å². The largest absolute Gasteiger partial charge is 0.355 e. The molecule has 0 fully saturated rings. The Labute approximate surface area is 119 Å². The summed E-state index contributed by atoms with van der Waals surface area (Å²) in [5.74, 6) is 0.570. The number of hydrogen-bond acceptors (Lipinski definition) is 4. The summed E-state index contributed by atoms with van der Waals surface area (Å²) in [5.41, 5.74) is 2.80. The number of fused-ring (bicyclic) bond motifs is 1. The number of nitriles is 1. The van der Waals surface area contributed by atoms with E-state index in [-0.39, 0.29) is 12.5 Å². The molecule has 1 amide bonds. The standard InChI is InChI=1S/C15H20N4O/c1-3-7-17-14(20)10-19(2)15-12(9-16)8-11-5-4-6-13(11)18-15/h8H,3-7,10H2,1-2H3,(H,17,20). The summed E-state index contributed by atoms with van der Waals surface area (Å²) in [5, 5.41) is 12.1. The summed E-state index contributed by atoms with van der Waals surface area (Å²) >= 11 is 0. The Hall–Kier alpha value is -2.09. The lowest BCUT2D eigenvalue weighted by Crippen LogP contribution is -2.36. The summed E-state index contributed by atoms with van der Waals surface area (Å²) in [7, 11) is 1.80. The predicted octanol–water partition coefficient (Wildman–Crippen LogP) is 1.40. The quantitative estimate of drug-likeness (QED) is 0.879. The molecule has 0 saturated heterocycles. The molecule has 2 rings (SSSR count). The molecule has 0 aliphatic heterocycles. The van der Waals surface area contributed by atoms with Crippen molar-refractivity contribution in [1.82, 2.24) is 10.3 Å². The number of nitrogens with zero attached hydrogens (tertiary/aromatic N) is 3. The SMILES string of the molecule is CCCNC(=O)CN(C)c1nc2c(cc1C#N)CCC2. The highest BCUT2D eigenvalue weighted by atomic mass is 16.2. The van der Waals surface area contributed by atoms with Crippen LogP contribution in [0.15, 0.2) is 6.07 Å². The van der Waals surface area contributed by atoms with Crippen molar-refractivity contribution in [2.75, 3.05) is 25.0 Å². The Bertz CT molecular complexity index is 548. The Morgan fingerprint density at radius 2 is 2.35 bits per heavy atom. The van der Waals surface area contributed by atoms with E-state index in [1.807, 2.05) is 13.0 Å². The van der Waals surface area contributed by atoms with Crippen LogP contribution in [0.3, 0.4) is 0 Å². The summed E-state index contributed by atoms with van der Waals surface area (Å²) < 4.78 is 0. The van der Waals surface area contributed by atoms with E-state index in [4.69, 9.17) is 0 Å². The van der Waals surface area contributed by atoms with Crippen LogP contribution in [0.4, 0.5) is 5.82 Å². The zero-order valence-electron chi connectivity index (χ0n) is 12.1. The van der Waals surface area contributed by atoms with Crippen molar-refractivity contribution < 1.29 is 4.79 Å². The lowest BCUT2D eigenvalue weighted by atomic mass is 10.1. The zero-order chi connectivity index (χ0) is 14.5. The highest BCUT2D eigenvalue weighted by Gasteiger charge is 2.19. The maximum absolute atomic E-state index is 11.8. The van der Waals surface area contributed by atoms with Gasteiger partial charge >= 0.3 is 0 Å². The minimum absolute atomic E-state index is 0.0412. The third-order valence-electron chi connectivity index (χ3n) is 3.47. The van der Waals surface area contributed by atoms with Gasteiger partial charge in [0, 0.05) is 19.3 Å². The minimum atomic E-state index is -0.0412. The molecule has 1 aromatic heterocycles. The van der Waals surface area contributed by atoms with Gasteiger partial charge in [0.05, 0.1) is 12.1 Å². The van der Waals surface area contributed by atoms with Gasteiger partial charge in [-0.15, -0.1) is 0 Å². The average molecular weight is 272 g/mol. The van der Waals surface area contributed by atoms with E-state index in [1.54, 1.807) is 11.9 Å². The van der Waals surface area contributed by atoms with Gasteiger partial charge in [0.1, 0.15) is 11.9 Å². The molecule has 0 saturated carbocycles. The van der Waals surface area contributed by atoms with Gasteiger partial charge in [-0.05, 0) is 37.3 Å². The smallest absolute Gasteiger partial charge is 0.239 e. The summed E-state index contributed by atoms with van der Waals surface area (Å²) in [4.78, 5) is 18.1. The van der Waals surface area contributed by atoms with Gasteiger partial charge in [0.15, 0.2) is 0 Å². The first-order valence-electron chi connectivity index (χ1n) is 7.06. The number of aryl methyl sites for hydroxylation is 2. The van der Waals surface area contributed by atoms with Gasteiger partial charge in [0.2, 0.25) is 5.91 Å². The fourth-order valence-corrected chi connectivity index (χ4v) is 2.45. The molecule has 0 bridgehead atoms. The van der Waals surface area contributed by atoms with E-state index in [2.05, 4.69) is 16.4 Å². The Kier molecular flexibility index (Phi) is 4.57. The predicted molar refractivity (Wildman–Crippen MR) is 77.5 cm³/mol. The highest BCUT2D eigenvalue weighted by molar-refractivity contribution is 5.81. The van der Waals surface area contributed by atoms with E-state index < -0.39 is 0 Å². The number of aromatic nitrogens is 1. The lowest BCUT2D eigenvalue weighted by molar-refractivity contribution is -0.119. The van der Waals surface area contributed by atoms with Crippen molar-refractivity contribution in [3.05, 3.63) is 22.9 Å². The third kappa shape index (κ3) is 3.08. The molecule has 5 heteroatoms. The van der Waals surface area contributed by atoms with Gasteiger partial charge in [-0.1, -0.05) is 6.92 Å². The Morgan fingerprint density at radius 3 is 3.05 bits per heavy atom. The minimum Gasteiger partial charge on any atom is -0.355 e. The topological polar surface area (TPSA) is 69.0 Å². The van der Waals surface area contributed by atoms with Crippen LogP contribution in [0.25, 0.3) is 0 Å². The number of carbonyl (C=O) groups is 1. The van der Waals surface area contributed by atoms with Crippen LogP contribution in [-0.2, 0) is 17.6 Å². The summed E-state index contributed by atoms with van der Waals surface area (Å²) in [6.45, 7) is 2.91. The molecule has 0 aromatic carbocycles. The second kappa shape index (κ2) is 6.38. The number of hydrogen-bond donors (Lipinski definition) is 1. The zero-order valence-corrected chi connectivity index (χ0v) is 12.1. The Morgan fingerprint density at radius 1 is 1.55 bits per heavy atom. The van der Waals surface area contributed by atoms with Crippen LogP contribution >= 0.6 is 0 Å². The number of nitrogens with one attached hydrogen (secondary N) is 1. The number of likely N-dealkylation sites (N-methyl/N-ethyl adjacent to an activating group) is 1. The van der Waals surface area contributed by atoms with E-state index in [0.717, 1.165) is 31.4 Å². The molecule has 1 aliphatic rings. The summed E-state index contributed by atoms with van der Waals surface area (Å²) in [6.07, 6.45) is 3.97. The second-order valence-electron chi connectivity index (χ2n) is 5.14. The molecule has 0 unspecified atom stereocenters. The maximum atomic E-state index is 11.8. The van der Waals surface area contributed by atoms with Crippen molar-refractivity contribution in [2.24, 2.45) is 0 Å². The van der Waals surface area contributed by atoms with Crippen LogP contribution in [0.5, 0.6) is 0 Å². The van der Waals surface area contributed by atoms with Crippen LogP contribution in [-0.4, -0.2) is 31.0 Å². The van der Waals surface area contributed by atoms with Crippen LogP contribution < -0.4 is 10.2 Å². The molecule has 1 aliphatic carbocycles. The van der Waals surface area contributed by atoms with Gasteiger partial charge in [-0.25, -0.2) is 4.98 Å². The fraction of sp³-hybridized carbons (Fsp3) is 0.533. The third-order valence-corrected chi connectivity index (χ3v) is 3.47. The Balaban J connectivity index is 2.15. The molecule has 0 radical (unpaired) electrons. The molecule has 1 heterocycles. The first-order valence-corrected chi connectivity index (χ1v) is 7.06. The van der Waals surface area contributed by atoms with Crippen molar-refractivity contribution in [3.63, 3.8) is 0 Å². The van der Waals surface area contributed by atoms with E-state index in [0.29, 0.717) is 17.9 Å². The van der Waals surface area contributed by atoms with Crippen LogP contribution in [0.1, 0.15) is 36.6 Å². The van der Waals surface area contributed by atoms with Crippen molar-refractivity contribution in [1.29, 1.82) is 5.26 Å². The first-order chi connectivity index (χ1) is 9.65. The van der Waals surface area contributed by atoms with Gasteiger partial charge in [-0.3, -0.25) is 4.79 Å². The lowest BCUT2D eigenvalue weighted by Gasteiger charge is -2.19. The molecular formula is C15H20N4O. The van der Waals surface area contributed by atoms with Gasteiger partial charge < -0.3 is 10.2 Å². The van der Waals surface area contributed by atoms with Gasteiger partial charge in [0.25, 0.3) is 0 Å². The van der Waals surface area contributed by atoms with Crippen molar-refractivity contribution >= 4 is 11.7 Å². The molecular weight excluding hydrogens is 252 g/mol. The normalized spacial score (nSPS) is 12.7. The van der Waals surface area contributed by atoms with Crippen molar-refractivity contribution in [2.45, 2.75) is 32.6 Å². The monoisotopic (exact) mass is 272 g/mol. The van der Waals surface area contributed by atoms with E-state index in [9.17, 15) is 10.1 Å². The first kappa shape index (κ1) is 14.3. The molecule has 0 spiro atoms. The number of amides is 1. The molecule has 106 valence electrons. The molecule has 0 atom stereocenters. The maximum Gasteiger partial charge on any atom is 0.239 e. The highest BCUT2D eigenvalue weighted by Crippen LogP contribution is 2.26. The van der Waals surface area contributed by atoms with Crippen LogP contribution in [0, 0.1) is 11.3 Å². The molecule has 20 heavy (non-hydrogen) atoms. The number of pyridine rings is 1. The molecule has 5 nitrogen and oxygen atoms in total.